The van der Waals surface area contributed by atoms with Crippen LogP contribution in [0.2, 0.25) is 5.02 Å². The average molecular weight is 304 g/mol. The van der Waals surface area contributed by atoms with Crippen LogP contribution in [0.5, 0.6) is 0 Å². The van der Waals surface area contributed by atoms with Crippen molar-refractivity contribution < 1.29 is 4.39 Å². The molecule has 0 aliphatic heterocycles. The van der Waals surface area contributed by atoms with Crippen molar-refractivity contribution in [1.29, 1.82) is 0 Å². The summed E-state index contributed by atoms with van der Waals surface area (Å²) in [7, 11) is 0. The lowest BCUT2D eigenvalue weighted by molar-refractivity contribution is 0.427. The molecule has 0 spiro atoms. The normalized spacial score (nSPS) is 17.5. The van der Waals surface area contributed by atoms with Crippen molar-refractivity contribution in [3.05, 3.63) is 70.5 Å². The Hall–Kier alpha value is -1.38. The van der Waals surface area contributed by atoms with Crippen LogP contribution in [0.4, 0.5) is 4.39 Å². The minimum atomic E-state index is -0.366. The number of hydrogen-bond donors (Lipinski definition) is 1. The van der Waals surface area contributed by atoms with Crippen molar-refractivity contribution in [2.45, 2.75) is 31.8 Å². The van der Waals surface area contributed by atoms with Gasteiger partial charge in [0.1, 0.15) is 5.82 Å². The van der Waals surface area contributed by atoms with Crippen LogP contribution < -0.4 is 5.32 Å². The van der Waals surface area contributed by atoms with Crippen molar-refractivity contribution in [3.63, 3.8) is 0 Å². The Kier molecular flexibility index (Phi) is 4.27. The van der Waals surface area contributed by atoms with E-state index in [0.29, 0.717) is 12.0 Å². The Balaban J connectivity index is 1.78. The first-order chi connectivity index (χ1) is 10.1. The van der Waals surface area contributed by atoms with Gasteiger partial charge in [-0.1, -0.05) is 48.0 Å². The van der Waals surface area contributed by atoms with Crippen LogP contribution in [0.25, 0.3) is 0 Å². The third-order valence-corrected chi connectivity index (χ3v) is 4.41. The minimum Gasteiger partial charge on any atom is -0.303 e. The van der Waals surface area contributed by atoms with Crippen molar-refractivity contribution in [2.24, 2.45) is 5.92 Å². The van der Waals surface area contributed by atoms with E-state index < -0.39 is 0 Å². The predicted molar refractivity (Wildman–Crippen MR) is 84.9 cm³/mol. The maximum Gasteiger partial charge on any atom is 0.141 e. The molecule has 110 valence electrons. The summed E-state index contributed by atoms with van der Waals surface area (Å²) < 4.78 is 13.3. The van der Waals surface area contributed by atoms with Gasteiger partial charge >= 0.3 is 0 Å². The second-order valence-corrected chi connectivity index (χ2v) is 6.19. The van der Waals surface area contributed by atoms with Crippen LogP contribution in [0.15, 0.2) is 48.5 Å². The summed E-state index contributed by atoms with van der Waals surface area (Å²) in [5.41, 5.74) is 2.34. The number of benzene rings is 2. The van der Waals surface area contributed by atoms with Gasteiger partial charge in [0, 0.05) is 12.1 Å². The Morgan fingerprint density at radius 3 is 2.43 bits per heavy atom. The average Bonchev–Trinajstić information content (AvgIpc) is 3.33. The van der Waals surface area contributed by atoms with E-state index in [1.165, 1.54) is 24.5 Å². The Bertz CT molecular complexity index is 610. The summed E-state index contributed by atoms with van der Waals surface area (Å²) in [6.45, 7) is 2.10. The van der Waals surface area contributed by atoms with Crippen LogP contribution in [0.1, 0.15) is 43.0 Å². The molecule has 1 nitrogen and oxygen atoms in total. The third-order valence-electron chi connectivity index (χ3n) is 4.13. The molecule has 2 aromatic rings. The lowest BCUT2D eigenvalue weighted by atomic mass is 9.99. The fourth-order valence-corrected chi connectivity index (χ4v) is 2.93. The van der Waals surface area contributed by atoms with Gasteiger partial charge in [-0.05, 0) is 48.9 Å². The first-order valence-electron chi connectivity index (χ1n) is 7.41. The van der Waals surface area contributed by atoms with Crippen LogP contribution in [-0.4, -0.2) is 0 Å². The maximum atomic E-state index is 13.3. The van der Waals surface area contributed by atoms with Gasteiger partial charge in [0.15, 0.2) is 0 Å². The first kappa shape index (κ1) is 14.6. The highest BCUT2D eigenvalue weighted by Gasteiger charge is 2.33. The second-order valence-electron chi connectivity index (χ2n) is 5.79. The van der Waals surface area contributed by atoms with Crippen molar-refractivity contribution in [2.75, 3.05) is 0 Å². The number of halogens is 2. The molecule has 3 rings (SSSR count). The molecular weight excluding hydrogens is 285 g/mol. The molecule has 1 fully saturated rings. The molecule has 0 bridgehead atoms. The van der Waals surface area contributed by atoms with Gasteiger partial charge in [-0.25, -0.2) is 4.39 Å². The van der Waals surface area contributed by atoms with Gasteiger partial charge in [-0.15, -0.1) is 0 Å². The molecule has 0 radical (unpaired) electrons. The molecule has 21 heavy (non-hydrogen) atoms. The monoisotopic (exact) mass is 303 g/mol. The molecule has 3 heteroatoms. The molecule has 0 amide bonds. The molecule has 0 saturated heterocycles. The summed E-state index contributed by atoms with van der Waals surface area (Å²) in [6, 6.07) is 16.0. The molecule has 1 N–H and O–H groups in total. The van der Waals surface area contributed by atoms with Crippen LogP contribution >= 0.6 is 11.6 Å². The van der Waals surface area contributed by atoms with Gasteiger partial charge in [-0.3, -0.25) is 0 Å². The zero-order valence-corrected chi connectivity index (χ0v) is 12.8. The number of rotatable bonds is 5. The summed E-state index contributed by atoms with van der Waals surface area (Å²) in [5.74, 6) is 0.334. The molecule has 2 unspecified atom stereocenters. The summed E-state index contributed by atoms with van der Waals surface area (Å²) in [4.78, 5) is 0. The molecular formula is C18H19ClFN. The molecule has 2 aromatic carbocycles. The van der Waals surface area contributed by atoms with Gasteiger partial charge in [0.05, 0.1) is 5.02 Å². The van der Waals surface area contributed by atoms with E-state index in [9.17, 15) is 4.39 Å². The quantitative estimate of drug-likeness (QED) is 0.792. The van der Waals surface area contributed by atoms with Crippen molar-refractivity contribution in [1.82, 2.24) is 5.32 Å². The van der Waals surface area contributed by atoms with Crippen LogP contribution in [-0.2, 0) is 0 Å². The number of hydrogen-bond acceptors (Lipinski definition) is 1. The van der Waals surface area contributed by atoms with E-state index in [-0.39, 0.29) is 16.9 Å². The first-order valence-corrected chi connectivity index (χ1v) is 7.79. The zero-order valence-electron chi connectivity index (χ0n) is 12.0. The summed E-state index contributed by atoms with van der Waals surface area (Å²) >= 11 is 5.88. The van der Waals surface area contributed by atoms with Crippen molar-refractivity contribution >= 4 is 11.6 Å². The van der Waals surface area contributed by atoms with Gasteiger partial charge < -0.3 is 5.32 Å². The fourth-order valence-electron chi connectivity index (χ4n) is 2.74. The lowest BCUT2D eigenvalue weighted by Gasteiger charge is -2.24. The topological polar surface area (TPSA) is 12.0 Å². The largest absolute Gasteiger partial charge is 0.303 e. The number of nitrogens with one attached hydrogen (secondary N) is 1. The van der Waals surface area contributed by atoms with E-state index in [2.05, 4.69) is 36.5 Å². The molecule has 1 aliphatic rings. The Morgan fingerprint density at radius 1 is 1.10 bits per heavy atom. The van der Waals surface area contributed by atoms with Gasteiger partial charge in [0.25, 0.3) is 0 Å². The standard InChI is InChI=1S/C18H19ClFN/c1-12(15-9-10-17(20)16(19)11-15)21-18(14-7-8-14)13-5-3-2-4-6-13/h2-6,9-12,14,18,21H,7-8H2,1H3. The van der Waals surface area contributed by atoms with Crippen LogP contribution in [0.3, 0.4) is 0 Å². The predicted octanol–water partition coefficient (Wildman–Crippen LogP) is 5.28. The fraction of sp³-hybridized carbons (Fsp3) is 0.333. The lowest BCUT2D eigenvalue weighted by Crippen LogP contribution is -2.26. The SMILES string of the molecule is CC(NC(c1ccccc1)C1CC1)c1ccc(F)c(Cl)c1. The minimum absolute atomic E-state index is 0.133. The van der Waals surface area contributed by atoms with Gasteiger partial charge in [-0.2, -0.15) is 0 Å². The van der Waals surface area contributed by atoms with E-state index >= 15 is 0 Å². The highest BCUT2D eigenvalue weighted by molar-refractivity contribution is 6.30. The van der Waals surface area contributed by atoms with E-state index in [4.69, 9.17) is 11.6 Å². The van der Waals surface area contributed by atoms with E-state index in [1.54, 1.807) is 12.1 Å². The smallest absolute Gasteiger partial charge is 0.141 e. The molecule has 1 saturated carbocycles. The van der Waals surface area contributed by atoms with Crippen LogP contribution in [0, 0.1) is 11.7 Å². The summed E-state index contributed by atoms with van der Waals surface area (Å²) in [5, 5.41) is 3.86. The highest BCUT2D eigenvalue weighted by Crippen LogP contribution is 2.42. The zero-order chi connectivity index (χ0) is 14.8. The van der Waals surface area contributed by atoms with E-state index in [0.717, 1.165) is 5.56 Å². The third kappa shape index (κ3) is 3.45. The highest BCUT2D eigenvalue weighted by atomic mass is 35.5. The van der Waals surface area contributed by atoms with E-state index in [1.807, 2.05) is 6.07 Å². The van der Waals surface area contributed by atoms with Gasteiger partial charge in [0.2, 0.25) is 0 Å². The maximum absolute atomic E-state index is 13.3. The Morgan fingerprint density at radius 2 is 1.81 bits per heavy atom. The molecule has 0 aromatic heterocycles. The second kappa shape index (κ2) is 6.17. The Labute approximate surface area is 130 Å². The molecule has 1 aliphatic carbocycles. The summed E-state index contributed by atoms with van der Waals surface area (Å²) in [6.07, 6.45) is 2.53. The van der Waals surface area contributed by atoms with Crippen molar-refractivity contribution in [3.8, 4) is 0 Å². The molecule has 0 heterocycles. The molecule has 2 atom stereocenters.